The predicted octanol–water partition coefficient (Wildman–Crippen LogP) is 2.57. The Morgan fingerprint density at radius 2 is 2.27 bits per heavy atom. The second-order valence-electron chi connectivity index (χ2n) is 4.78. The number of carbonyl (C=O) groups excluding carboxylic acids is 1. The Morgan fingerprint density at radius 1 is 1.50 bits per heavy atom. The van der Waals surface area contributed by atoms with E-state index in [0.29, 0.717) is 22.7 Å². The van der Waals surface area contributed by atoms with Crippen molar-refractivity contribution in [1.29, 1.82) is 0 Å². The maximum absolute atomic E-state index is 12.5. The summed E-state index contributed by atoms with van der Waals surface area (Å²) in [7, 11) is 0. The molecule has 0 bridgehead atoms. The Balaban J connectivity index is 2.21. The SMILES string of the molecule is CSCC(CCO)NC(=O)c1cn[nH]c1-c1ccccc1Cl. The number of hydrogen-bond donors (Lipinski definition) is 3. The molecule has 0 spiro atoms. The molecule has 3 N–H and O–H groups in total. The molecule has 1 amide bonds. The van der Waals surface area contributed by atoms with Gasteiger partial charge in [0.25, 0.3) is 5.91 Å². The van der Waals surface area contributed by atoms with E-state index in [9.17, 15) is 4.79 Å². The van der Waals surface area contributed by atoms with Crippen molar-refractivity contribution in [1.82, 2.24) is 15.5 Å². The fourth-order valence-electron chi connectivity index (χ4n) is 2.14. The molecule has 118 valence electrons. The number of hydrogen-bond acceptors (Lipinski definition) is 4. The first kappa shape index (κ1) is 16.9. The summed E-state index contributed by atoms with van der Waals surface area (Å²) in [6.07, 6.45) is 3.97. The van der Waals surface area contributed by atoms with Crippen molar-refractivity contribution in [3.63, 3.8) is 0 Å². The summed E-state index contributed by atoms with van der Waals surface area (Å²) in [6, 6.07) is 7.20. The number of halogens is 1. The Hall–Kier alpha value is -1.50. The second-order valence-corrected chi connectivity index (χ2v) is 6.09. The molecule has 2 aromatic rings. The van der Waals surface area contributed by atoms with Gasteiger partial charge >= 0.3 is 0 Å². The summed E-state index contributed by atoms with van der Waals surface area (Å²) in [4.78, 5) is 12.5. The Kier molecular flexibility index (Phi) is 6.30. The van der Waals surface area contributed by atoms with Gasteiger partial charge in [0.05, 0.1) is 17.5 Å². The van der Waals surface area contributed by atoms with Gasteiger partial charge in [0, 0.05) is 29.0 Å². The molecule has 1 atom stereocenters. The van der Waals surface area contributed by atoms with Crippen LogP contribution in [-0.2, 0) is 0 Å². The lowest BCUT2D eigenvalue weighted by atomic mass is 10.1. The van der Waals surface area contributed by atoms with E-state index in [2.05, 4.69) is 15.5 Å². The average molecular weight is 340 g/mol. The number of nitrogens with one attached hydrogen (secondary N) is 2. The largest absolute Gasteiger partial charge is 0.396 e. The molecule has 0 saturated carbocycles. The van der Waals surface area contributed by atoms with E-state index in [4.69, 9.17) is 16.7 Å². The highest BCUT2D eigenvalue weighted by Gasteiger charge is 2.19. The number of aliphatic hydroxyl groups excluding tert-OH is 1. The van der Waals surface area contributed by atoms with E-state index in [1.54, 1.807) is 17.8 Å². The third-order valence-electron chi connectivity index (χ3n) is 3.21. The smallest absolute Gasteiger partial charge is 0.255 e. The van der Waals surface area contributed by atoms with Crippen molar-refractivity contribution in [2.75, 3.05) is 18.6 Å². The highest BCUT2D eigenvalue weighted by molar-refractivity contribution is 7.98. The van der Waals surface area contributed by atoms with Gasteiger partial charge in [0.1, 0.15) is 0 Å². The Morgan fingerprint density at radius 3 is 2.95 bits per heavy atom. The van der Waals surface area contributed by atoms with Crippen LogP contribution < -0.4 is 5.32 Å². The quantitative estimate of drug-likeness (QED) is 0.724. The number of H-pyrrole nitrogens is 1. The van der Waals surface area contributed by atoms with E-state index in [1.807, 2.05) is 24.5 Å². The number of nitrogens with zero attached hydrogens (tertiary/aromatic N) is 1. The highest BCUT2D eigenvalue weighted by Crippen LogP contribution is 2.28. The predicted molar refractivity (Wildman–Crippen MR) is 90.4 cm³/mol. The summed E-state index contributed by atoms with van der Waals surface area (Å²) in [6.45, 7) is 0.0360. The first-order chi connectivity index (χ1) is 10.7. The van der Waals surface area contributed by atoms with Crippen molar-refractivity contribution < 1.29 is 9.90 Å². The van der Waals surface area contributed by atoms with Crippen molar-refractivity contribution in [2.45, 2.75) is 12.5 Å². The molecule has 0 saturated heterocycles. The van der Waals surface area contributed by atoms with Crippen molar-refractivity contribution in [3.8, 4) is 11.3 Å². The molecule has 1 heterocycles. The molecule has 0 fully saturated rings. The molecular weight excluding hydrogens is 322 g/mol. The first-order valence-electron chi connectivity index (χ1n) is 6.86. The van der Waals surface area contributed by atoms with Crippen molar-refractivity contribution in [3.05, 3.63) is 41.0 Å². The van der Waals surface area contributed by atoms with Crippen LogP contribution in [0, 0.1) is 0 Å². The summed E-state index contributed by atoms with van der Waals surface area (Å²) < 4.78 is 0. The van der Waals surface area contributed by atoms with E-state index in [-0.39, 0.29) is 18.6 Å². The maximum Gasteiger partial charge on any atom is 0.255 e. The molecule has 2 rings (SSSR count). The number of aromatic amines is 1. The standard InChI is InChI=1S/C15H18ClN3O2S/c1-22-9-10(6-7-20)18-15(21)12-8-17-19-14(12)11-4-2-3-5-13(11)16/h2-5,8,10,20H,6-7,9H2,1H3,(H,17,19)(H,18,21). The lowest BCUT2D eigenvalue weighted by molar-refractivity contribution is 0.0936. The minimum absolute atomic E-state index is 0.0360. The Labute approximate surface area is 138 Å². The number of rotatable bonds is 7. The van der Waals surface area contributed by atoms with Crippen LogP contribution in [0.25, 0.3) is 11.3 Å². The zero-order valence-electron chi connectivity index (χ0n) is 12.2. The first-order valence-corrected chi connectivity index (χ1v) is 8.63. The minimum Gasteiger partial charge on any atom is -0.396 e. The molecule has 5 nitrogen and oxygen atoms in total. The molecule has 1 aromatic carbocycles. The summed E-state index contributed by atoms with van der Waals surface area (Å²) in [5.74, 6) is 0.516. The van der Waals surface area contributed by atoms with Crippen LogP contribution in [0.3, 0.4) is 0 Å². The van der Waals surface area contributed by atoms with E-state index < -0.39 is 0 Å². The Bertz CT molecular complexity index is 627. The maximum atomic E-state index is 12.5. The van der Waals surface area contributed by atoms with Gasteiger partial charge in [0.15, 0.2) is 0 Å². The number of carbonyl (C=O) groups is 1. The second kappa shape index (κ2) is 8.22. The average Bonchev–Trinajstić information content (AvgIpc) is 2.97. The summed E-state index contributed by atoms with van der Waals surface area (Å²) in [5.41, 5.74) is 1.77. The molecule has 1 aromatic heterocycles. The molecule has 0 aliphatic carbocycles. The van der Waals surface area contributed by atoms with Gasteiger partial charge in [-0.25, -0.2) is 0 Å². The van der Waals surface area contributed by atoms with Crippen LogP contribution in [0.5, 0.6) is 0 Å². The summed E-state index contributed by atoms with van der Waals surface area (Å²) in [5, 5.41) is 19.4. The lowest BCUT2D eigenvalue weighted by Crippen LogP contribution is -2.37. The molecule has 0 radical (unpaired) electrons. The van der Waals surface area contributed by atoms with Gasteiger partial charge < -0.3 is 10.4 Å². The zero-order chi connectivity index (χ0) is 15.9. The van der Waals surface area contributed by atoms with Crippen LogP contribution >= 0.6 is 23.4 Å². The number of aliphatic hydroxyl groups is 1. The topological polar surface area (TPSA) is 78.0 Å². The van der Waals surface area contributed by atoms with Crippen LogP contribution in [0.15, 0.2) is 30.5 Å². The van der Waals surface area contributed by atoms with Gasteiger partial charge in [0.2, 0.25) is 0 Å². The minimum atomic E-state index is -0.226. The number of amides is 1. The fourth-order valence-corrected chi connectivity index (χ4v) is 3.03. The van der Waals surface area contributed by atoms with Gasteiger partial charge in [-0.15, -0.1) is 0 Å². The third-order valence-corrected chi connectivity index (χ3v) is 4.27. The molecule has 1 unspecified atom stereocenters. The van der Waals surface area contributed by atoms with E-state index >= 15 is 0 Å². The van der Waals surface area contributed by atoms with E-state index in [1.165, 1.54) is 6.20 Å². The van der Waals surface area contributed by atoms with Gasteiger partial charge in [-0.1, -0.05) is 29.8 Å². The van der Waals surface area contributed by atoms with Gasteiger partial charge in [-0.05, 0) is 18.7 Å². The number of aromatic nitrogens is 2. The van der Waals surface area contributed by atoms with Crippen LogP contribution in [-0.4, -0.2) is 45.9 Å². The van der Waals surface area contributed by atoms with Crippen molar-refractivity contribution >= 4 is 29.3 Å². The molecule has 0 aliphatic rings. The van der Waals surface area contributed by atoms with Crippen LogP contribution in [0.2, 0.25) is 5.02 Å². The van der Waals surface area contributed by atoms with Gasteiger partial charge in [-0.2, -0.15) is 16.9 Å². The fraction of sp³-hybridized carbons (Fsp3) is 0.333. The molecular formula is C15H18ClN3O2S. The lowest BCUT2D eigenvalue weighted by Gasteiger charge is -2.16. The number of benzene rings is 1. The molecule has 7 heteroatoms. The number of thioether (sulfide) groups is 1. The van der Waals surface area contributed by atoms with Crippen LogP contribution in [0.1, 0.15) is 16.8 Å². The van der Waals surface area contributed by atoms with E-state index in [0.717, 1.165) is 11.3 Å². The summed E-state index contributed by atoms with van der Waals surface area (Å²) >= 11 is 7.80. The molecule has 22 heavy (non-hydrogen) atoms. The normalized spacial score (nSPS) is 12.1. The third kappa shape index (κ3) is 4.03. The zero-order valence-corrected chi connectivity index (χ0v) is 13.7. The highest BCUT2D eigenvalue weighted by atomic mass is 35.5. The van der Waals surface area contributed by atoms with Gasteiger partial charge in [-0.3, -0.25) is 9.89 Å². The van der Waals surface area contributed by atoms with Crippen molar-refractivity contribution in [2.24, 2.45) is 0 Å². The van der Waals surface area contributed by atoms with Crippen LogP contribution in [0.4, 0.5) is 0 Å². The monoisotopic (exact) mass is 339 g/mol. The molecule has 0 aliphatic heterocycles.